The van der Waals surface area contributed by atoms with Gasteiger partial charge in [-0.05, 0) is 55.0 Å². The Kier molecular flexibility index (Phi) is 13.9. The van der Waals surface area contributed by atoms with Gasteiger partial charge in [0.2, 0.25) is 11.8 Å². The zero-order valence-electron chi connectivity index (χ0n) is 25.3. The number of halogens is 4. The van der Waals surface area contributed by atoms with Crippen LogP contribution in [0, 0.1) is 11.7 Å². The topological polar surface area (TPSA) is 100 Å². The fourth-order valence-corrected chi connectivity index (χ4v) is 5.19. The Morgan fingerprint density at radius 1 is 1.18 bits per heavy atom. The lowest BCUT2D eigenvalue weighted by molar-refractivity contribution is -0.137. The van der Waals surface area contributed by atoms with Crippen molar-refractivity contribution in [2.24, 2.45) is 5.92 Å². The van der Waals surface area contributed by atoms with Crippen molar-refractivity contribution in [2.45, 2.75) is 70.3 Å². The normalized spacial score (nSPS) is 20.0. The van der Waals surface area contributed by atoms with Crippen molar-refractivity contribution in [1.82, 2.24) is 15.5 Å². The Bertz CT molecular complexity index is 1210. The van der Waals surface area contributed by atoms with E-state index in [0.29, 0.717) is 43.7 Å². The molecule has 244 valence electrons. The standard InChI is InChI=1S/C32H43F4N3O5/c1-3-11-39-12-10-23(20-43-2)21-44-27-15-24(14-26(33)17-27)16-28(38-30(41)8-5-9-31(39)42)29(40)19-37-18-22-6-4-7-25(13-22)32(34,35)36/h4,6-7,13-15,17,23,28-29,37,40H,3,5,8-12,16,18-21H2,1-2H3,(H,38,41). The number of aliphatic hydroxyl groups excluding tert-OH is 1. The Morgan fingerprint density at radius 2 is 1.98 bits per heavy atom. The maximum atomic E-state index is 14.6. The molecule has 44 heavy (non-hydrogen) atoms. The average Bonchev–Trinajstić information content (AvgIpc) is 2.96. The van der Waals surface area contributed by atoms with Gasteiger partial charge < -0.3 is 30.1 Å². The minimum absolute atomic E-state index is 0.0460. The van der Waals surface area contributed by atoms with Gasteiger partial charge in [-0.2, -0.15) is 13.2 Å². The number of hydrogen-bond donors (Lipinski definition) is 3. The van der Waals surface area contributed by atoms with E-state index < -0.39 is 29.7 Å². The number of hydrogen-bond acceptors (Lipinski definition) is 6. The highest BCUT2D eigenvalue weighted by Crippen LogP contribution is 2.29. The lowest BCUT2D eigenvalue weighted by Crippen LogP contribution is -2.48. The summed E-state index contributed by atoms with van der Waals surface area (Å²) in [6.07, 6.45) is -3.60. The van der Waals surface area contributed by atoms with Crippen LogP contribution < -0.4 is 15.4 Å². The Hall–Kier alpha value is -3.22. The van der Waals surface area contributed by atoms with Crippen molar-refractivity contribution in [3.05, 3.63) is 65.0 Å². The molecule has 1 aliphatic rings. The number of methoxy groups -OCH3 is 1. The molecule has 3 atom stereocenters. The van der Waals surface area contributed by atoms with E-state index in [0.717, 1.165) is 18.6 Å². The van der Waals surface area contributed by atoms with Crippen molar-refractivity contribution < 1.29 is 41.7 Å². The van der Waals surface area contributed by atoms with Crippen LogP contribution in [0.25, 0.3) is 0 Å². The van der Waals surface area contributed by atoms with E-state index in [2.05, 4.69) is 10.6 Å². The molecule has 2 aromatic rings. The number of alkyl halides is 3. The highest BCUT2D eigenvalue weighted by Gasteiger charge is 2.30. The van der Waals surface area contributed by atoms with Gasteiger partial charge in [0.15, 0.2) is 0 Å². The quantitative estimate of drug-likeness (QED) is 0.356. The summed E-state index contributed by atoms with van der Waals surface area (Å²) < 4.78 is 65.2. The van der Waals surface area contributed by atoms with Crippen LogP contribution in [0.1, 0.15) is 55.7 Å². The fourth-order valence-electron chi connectivity index (χ4n) is 5.19. The Balaban J connectivity index is 1.77. The van der Waals surface area contributed by atoms with Crippen molar-refractivity contribution in [3.8, 4) is 5.75 Å². The first-order chi connectivity index (χ1) is 21.0. The van der Waals surface area contributed by atoms with Gasteiger partial charge in [-0.15, -0.1) is 0 Å². The molecular weight excluding hydrogens is 582 g/mol. The number of carbonyl (C=O) groups excluding carboxylic acids is 2. The predicted octanol–water partition coefficient (Wildman–Crippen LogP) is 4.48. The maximum absolute atomic E-state index is 14.6. The van der Waals surface area contributed by atoms with Gasteiger partial charge in [0.1, 0.15) is 11.6 Å². The molecule has 1 aliphatic heterocycles. The van der Waals surface area contributed by atoms with Gasteiger partial charge in [0.05, 0.1) is 30.9 Å². The smallest absolute Gasteiger partial charge is 0.416 e. The van der Waals surface area contributed by atoms with E-state index in [1.807, 2.05) is 6.92 Å². The molecular formula is C32H43F4N3O5. The van der Waals surface area contributed by atoms with Crippen molar-refractivity contribution in [2.75, 3.05) is 40.0 Å². The van der Waals surface area contributed by atoms with E-state index in [-0.39, 0.29) is 62.4 Å². The van der Waals surface area contributed by atoms with Crippen LogP contribution in [0.5, 0.6) is 5.75 Å². The van der Waals surface area contributed by atoms with E-state index in [9.17, 15) is 32.3 Å². The van der Waals surface area contributed by atoms with E-state index in [1.54, 1.807) is 24.1 Å². The van der Waals surface area contributed by atoms with E-state index >= 15 is 0 Å². The van der Waals surface area contributed by atoms with Crippen LogP contribution in [0.4, 0.5) is 17.6 Å². The zero-order chi connectivity index (χ0) is 32.1. The molecule has 0 saturated heterocycles. The molecule has 1 heterocycles. The molecule has 0 aliphatic carbocycles. The molecule has 0 saturated carbocycles. The molecule has 0 spiro atoms. The summed E-state index contributed by atoms with van der Waals surface area (Å²) in [5.74, 6) is -0.727. The highest BCUT2D eigenvalue weighted by atomic mass is 19.4. The van der Waals surface area contributed by atoms with Crippen molar-refractivity contribution in [3.63, 3.8) is 0 Å². The number of aliphatic hydroxyl groups is 1. The summed E-state index contributed by atoms with van der Waals surface area (Å²) >= 11 is 0. The molecule has 8 nitrogen and oxygen atoms in total. The summed E-state index contributed by atoms with van der Waals surface area (Å²) in [6.45, 7) is 3.72. The second kappa shape index (κ2) is 17.3. The molecule has 0 fully saturated rings. The average molecular weight is 626 g/mol. The lowest BCUT2D eigenvalue weighted by atomic mass is 10.00. The molecule has 0 radical (unpaired) electrons. The van der Waals surface area contributed by atoms with Gasteiger partial charge in [0, 0.05) is 58.1 Å². The number of amides is 2. The van der Waals surface area contributed by atoms with Gasteiger partial charge in [-0.3, -0.25) is 9.59 Å². The van der Waals surface area contributed by atoms with E-state index in [1.165, 1.54) is 18.2 Å². The largest absolute Gasteiger partial charge is 0.493 e. The molecule has 2 bridgehead atoms. The number of rotatable bonds is 9. The van der Waals surface area contributed by atoms with Crippen LogP contribution in [0.2, 0.25) is 0 Å². The number of ether oxygens (including phenoxy) is 2. The van der Waals surface area contributed by atoms with E-state index in [4.69, 9.17) is 9.47 Å². The molecule has 3 rings (SSSR count). The first kappa shape index (κ1) is 35.3. The minimum atomic E-state index is -4.47. The third-order valence-electron chi connectivity index (χ3n) is 7.47. The van der Waals surface area contributed by atoms with Gasteiger partial charge >= 0.3 is 6.18 Å². The predicted molar refractivity (Wildman–Crippen MR) is 157 cm³/mol. The van der Waals surface area contributed by atoms with Gasteiger partial charge in [-0.1, -0.05) is 25.1 Å². The summed E-state index contributed by atoms with van der Waals surface area (Å²) in [6, 6.07) is 8.23. The minimum Gasteiger partial charge on any atom is -0.493 e. The van der Waals surface area contributed by atoms with Crippen LogP contribution in [0.15, 0.2) is 42.5 Å². The number of nitrogens with one attached hydrogen (secondary N) is 2. The van der Waals surface area contributed by atoms with Crippen molar-refractivity contribution >= 4 is 11.8 Å². The summed E-state index contributed by atoms with van der Waals surface area (Å²) in [5.41, 5.74) is 0.0939. The van der Waals surface area contributed by atoms with Crippen LogP contribution >= 0.6 is 0 Å². The fraction of sp³-hybridized carbons (Fsp3) is 0.562. The summed E-state index contributed by atoms with van der Waals surface area (Å²) in [4.78, 5) is 27.6. The molecule has 3 N–H and O–H groups in total. The second-order valence-corrected chi connectivity index (χ2v) is 11.2. The third-order valence-corrected chi connectivity index (χ3v) is 7.47. The van der Waals surface area contributed by atoms with Crippen molar-refractivity contribution in [1.29, 1.82) is 0 Å². The zero-order valence-corrected chi connectivity index (χ0v) is 25.3. The monoisotopic (exact) mass is 625 g/mol. The van der Waals surface area contributed by atoms with Gasteiger partial charge in [-0.25, -0.2) is 4.39 Å². The second-order valence-electron chi connectivity index (χ2n) is 11.2. The SMILES string of the molecule is CCCN1CCC(COC)COc2cc(F)cc(c2)CC(C(O)CNCc2cccc(C(F)(F)F)c2)NC(=O)CCCC1=O. The van der Waals surface area contributed by atoms with Crippen LogP contribution in [0.3, 0.4) is 0 Å². The molecule has 0 aromatic heterocycles. The molecule has 3 unspecified atom stereocenters. The molecule has 2 amide bonds. The summed E-state index contributed by atoms with van der Waals surface area (Å²) in [7, 11) is 1.59. The lowest BCUT2D eigenvalue weighted by Gasteiger charge is -2.25. The van der Waals surface area contributed by atoms with Crippen LogP contribution in [-0.2, 0) is 33.5 Å². The summed E-state index contributed by atoms with van der Waals surface area (Å²) in [5, 5.41) is 16.8. The third kappa shape index (κ3) is 11.7. The Labute approximate surface area is 256 Å². The highest BCUT2D eigenvalue weighted by molar-refractivity contribution is 5.79. The first-order valence-electron chi connectivity index (χ1n) is 15.0. The van der Waals surface area contributed by atoms with Crippen LogP contribution in [-0.4, -0.2) is 73.9 Å². The number of benzene rings is 2. The van der Waals surface area contributed by atoms with Gasteiger partial charge in [0.25, 0.3) is 0 Å². The first-order valence-corrected chi connectivity index (χ1v) is 15.0. The Morgan fingerprint density at radius 3 is 2.70 bits per heavy atom. The molecule has 12 heteroatoms. The number of nitrogens with zero attached hydrogens (tertiary/aromatic N) is 1. The number of fused-ring (bicyclic) bond motifs is 2. The molecule has 2 aromatic carbocycles. The maximum Gasteiger partial charge on any atom is 0.416 e. The number of carbonyl (C=O) groups is 2.